The molecule has 11 heavy (non-hydrogen) atoms. The van der Waals surface area contributed by atoms with Gasteiger partial charge in [0.2, 0.25) is 0 Å². The van der Waals surface area contributed by atoms with Crippen LogP contribution in [0.4, 0.5) is 0 Å². The van der Waals surface area contributed by atoms with Crippen LogP contribution in [0, 0.1) is 0 Å². The van der Waals surface area contributed by atoms with Gasteiger partial charge < -0.3 is 11.5 Å². The number of hydrogen-bond donors (Lipinski definition) is 2. The first-order valence-corrected chi connectivity index (χ1v) is 3.34. The molecule has 2 nitrogen and oxygen atoms in total. The van der Waals surface area contributed by atoms with Crippen LogP contribution in [0.25, 0.3) is 0 Å². The number of benzene rings is 1. The summed E-state index contributed by atoms with van der Waals surface area (Å²) in [5, 5.41) is 0. The first-order chi connectivity index (χ1) is 4.86. The van der Waals surface area contributed by atoms with E-state index in [2.05, 4.69) is 0 Å². The van der Waals surface area contributed by atoms with E-state index in [4.69, 9.17) is 11.5 Å². The molecule has 0 atom stereocenters. The molecule has 1 aromatic rings. The molecule has 0 aromatic heterocycles. The molecule has 0 bridgehead atoms. The van der Waals surface area contributed by atoms with Gasteiger partial charge in [-0.15, -0.1) is 0 Å². The topological polar surface area (TPSA) is 52.0 Å². The maximum absolute atomic E-state index is 5.43. The Hall–Kier alpha value is -0.317. The van der Waals surface area contributed by atoms with Crippen molar-refractivity contribution < 1.29 is 0 Å². The van der Waals surface area contributed by atoms with E-state index in [1.54, 1.807) is 0 Å². The summed E-state index contributed by atoms with van der Waals surface area (Å²) in [7, 11) is 0. The zero-order valence-electron chi connectivity index (χ0n) is 5.88. The fourth-order valence-corrected chi connectivity index (χ4v) is 0.884. The molecule has 62 valence electrons. The Kier molecular flexibility index (Phi) is 5.19. The molecule has 0 saturated heterocycles. The third-order valence-electron chi connectivity index (χ3n) is 1.46. The number of hydrogen-bond acceptors (Lipinski definition) is 2. The zero-order chi connectivity index (χ0) is 7.40. The van der Waals surface area contributed by atoms with Crippen LogP contribution in [0.3, 0.4) is 0 Å². The van der Waals surface area contributed by atoms with E-state index in [9.17, 15) is 0 Å². The third-order valence-corrected chi connectivity index (χ3v) is 1.46. The van der Waals surface area contributed by atoms with E-state index in [0.29, 0.717) is 13.1 Å². The van der Waals surface area contributed by atoms with Gasteiger partial charge in [-0.25, -0.2) is 0 Å². The third kappa shape index (κ3) is 3.05. The average Bonchev–Trinajstić information content (AvgIpc) is 2.05. The van der Waals surface area contributed by atoms with Crippen LogP contribution in [0.5, 0.6) is 0 Å². The van der Waals surface area contributed by atoms with E-state index in [0.717, 1.165) is 11.1 Å². The van der Waals surface area contributed by atoms with Crippen LogP contribution in [0.1, 0.15) is 11.1 Å². The van der Waals surface area contributed by atoms with E-state index < -0.39 is 0 Å². The molecule has 0 amide bonds. The van der Waals surface area contributed by atoms with Crippen LogP contribution in [0.2, 0.25) is 0 Å². The van der Waals surface area contributed by atoms with Crippen molar-refractivity contribution in [3.8, 4) is 0 Å². The van der Waals surface area contributed by atoms with Crippen LogP contribution >= 0.6 is 0 Å². The molecule has 0 spiro atoms. The van der Waals surface area contributed by atoms with Crippen LogP contribution < -0.4 is 11.5 Å². The van der Waals surface area contributed by atoms with Crippen molar-refractivity contribution in [3.05, 3.63) is 35.4 Å². The Morgan fingerprint density at radius 3 is 1.82 bits per heavy atom. The van der Waals surface area contributed by atoms with E-state index in [-0.39, 0.29) is 17.6 Å². The fraction of sp³-hybridized carbons (Fsp3) is 0.250. The summed E-state index contributed by atoms with van der Waals surface area (Å²) in [4.78, 5) is 0. The summed E-state index contributed by atoms with van der Waals surface area (Å²) < 4.78 is 0. The standard InChI is InChI=1S/C8H12N2.GeH4/c9-5-7-2-1-3-8(4-7)6-10;/h1-4H,5-6,9-10H2;1H4. The van der Waals surface area contributed by atoms with Gasteiger partial charge in [0.05, 0.1) is 0 Å². The van der Waals surface area contributed by atoms with Gasteiger partial charge in [-0.3, -0.25) is 0 Å². The summed E-state index contributed by atoms with van der Waals surface area (Å²) in [5.41, 5.74) is 13.1. The number of nitrogens with two attached hydrogens (primary N) is 2. The van der Waals surface area contributed by atoms with E-state index in [1.807, 2.05) is 24.3 Å². The van der Waals surface area contributed by atoms with Gasteiger partial charge in [-0.1, -0.05) is 24.3 Å². The van der Waals surface area contributed by atoms with Crippen molar-refractivity contribution in [1.29, 1.82) is 0 Å². The Morgan fingerprint density at radius 2 is 1.45 bits per heavy atom. The van der Waals surface area contributed by atoms with Crippen molar-refractivity contribution in [2.45, 2.75) is 13.1 Å². The minimum atomic E-state index is 0. The van der Waals surface area contributed by atoms with Gasteiger partial charge in [-0.05, 0) is 11.1 Å². The Morgan fingerprint density at radius 1 is 1.00 bits per heavy atom. The van der Waals surface area contributed by atoms with Crippen LogP contribution in [0.15, 0.2) is 24.3 Å². The summed E-state index contributed by atoms with van der Waals surface area (Å²) in [6.45, 7) is 1.18. The SMILES string of the molecule is NCc1cccc(CN)c1.[GeH4]. The Labute approximate surface area is 77.9 Å². The van der Waals surface area contributed by atoms with E-state index >= 15 is 0 Å². The summed E-state index contributed by atoms with van der Waals surface area (Å²) in [6.07, 6.45) is 0. The molecule has 0 heterocycles. The fourth-order valence-electron chi connectivity index (χ4n) is 0.884. The van der Waals surface area contributed by atoms with E-state index in [1.165, 1.54) is 0 Å². The molecule has 4 N–H and O–H groups in total. The van der Waals surface area contributed by atoms with Gasteiger partial charge in [0.25, 0.3) is 0 Å². The zero-order valence-corrected chi connectivity index (χ0v) is 5.88. The molecule has 0 aliphatic carbocycles. The molecule has 1 rings (SSSR count). The summed E-state index contributed by atoms with van der Waals surface area (Å²) in [6, 6.07) is 8.00. The first kappa shape index (κ1) is 10.7. The van der Waals surface area contributed by atoms with Gasteiger partial charge in [0.1, 0.15) is 0 Å². The van der Waals surface area contributed by atoms with Crippen molar-refractivity contribution in [2.24, 2.45) is 11.5 Å². The van der Waals surface area contributed by atoms with Crippen molar-refractivity contribution >= 4 is 17.6 Å². The molecule has 0 aliphatic rings. The van der Waals surface area contributed by atoms with Crippen LogP contribution in [-0.2, 0) is 13.1 Å². The van der Waals surface area contributed by atoms with Gasteiger partial charge >= 0.3 is 17.6 Å². The Bertz CT molecular complexity index is 194. The van der Waals surface area contributed by atoms with Crippen molar-refractivity contribution in [2.75, 3.05) is 0 Å². The number of rotatable bonds is 2. The molecule has 0 saturated carbocycles. The van der Waals surface area contributed by atoms with Crippen molar-refractivity contribution in [1.82, 2.24) is 0 Å². The normalized spacial score (nSPS) is 8.91. The molecule has 3 heteroatoms. The van der Waals surface area contributed by atoms with Crippen molar-refractivity contribution in [3.63, 3.8) is 0 Å². The van der Waals surface area contributed by atoms with Gasteiger partial charge in [0.15, 0.2) is 0 Å². The second-order valence-electron chi connectivity index (χ2n) is 2.23. The predicted octanol–water partition coefficient (Wildman–Crippen LogP) is -0.848. The molecule has 0 fully saturated rings. The molecule has 0 unspecified atom stereocenters. The summed E-state index contributed by atoms with van der Waals surface area (Å²) >= 11 is 0. The summed E-state index contributed by atoms with van der Waals surface area (Å²) in [5.74, 6) is 0. The van der Waals surface area contributed by atoms with Crippen LogP contribution in [-0.4, -0.2) is 17.6 Å². The second-order valence-corrected chi connectivity index (χ2v) is 2.23. The van der Waals surface area contributed by atoms with Gasteiger partial charge in [0, 0.05) is 13.1 Å². The predicted molar refractivity (Wildman–Crippen MR) is 53.6 cm³/mol. The average molecular weight is 213 g/mol. The monoisotopic (exact) mass is 214 g/mol. The maximum atomic E-state index is 5.43. The molecule has 0 aliphatic heterocycles. The molecular formula is C8H16GeN2. The van der Waals surface area contributed by atoms with Gasteiger partial charge in [-0.2, -0.15) is 0 Å². The Balaban J connectivity index is 0.000001000. The molecule has 0 radical (unpaired) electrons. The first-order valence-electron chi connectivity index (χ1n) is 3.34. The quantitative estimate of drug-likeness (QED) is 0.628. The molecule has 1 aromatic carbocycles. The second kappa shape index (κ2) is 5.35. The minimum absolute atomic E-state index is 0. The molecular weight excluding hydrogens is 197 g/mol.